The highest BCUT2D eigenvalue weighted by Gasteiger charge is 2.65. The van der Waals surface area contributed by atoms with Crippen molar-refractivity contribution in [3.8, 4) is 17.2 Å². The number of likely N-dealkylation sites (N-methyl/N-ethyl adjacent to an activating group) is 1. The maximum atomic E-state index is 14.7. The van der Waals surface area contributed by atoms with E-state index in [4.69, 9.17) is 19.0 Å². The van der Waals surface area contributed by atoms with Crippen LogP contribution in [0.2, 0.25) is 0 Å². The summed E-state index contributed by atoms with van der Waals surface area (Å²) in [6.45, 7) is 7.75. The fourth-order valence-electron chi connectivity index (χ4n) is 8.94. The Morgan fingerprint density at radius 2 is 1.73 bits per heavy atom. The number of aliphatic hydroxyl groups excluding tert-OH is 2. The van der Waals surface area contributed by atoms with Gasteiger partial charge >= 0.3 is 0 Å². The molecule has 1 amide bonds. The molecule has 1 heterocycles. The number of benzene rings is 3. The lowest BCUT2D eigenvalue weighted by molar-refractivity contribution is -0.250. The first-order valence-electron chi connectivity index (χ1n) is 20.4. The molecule has 1 aliphatic heterocycles. The van der Waals surface area contributed by atoms with Gasteiger partial charge in [0.15, 0.2) is 0 Å². The zero-order valence-corrected chi connectivity index (χ0v) is 36.0. The summed E-state index contributed by atoms with van der Waals surface area (Å²) in [6, 6.07) is 18.8. The topological polar surface area (TPSA) is 156 Å². The molecule has 0 radical (unpaired) electrons. The van der Waals surface area contributed by atoms with Crippen molar-refractivity contribution >= 4 is 39.1 Å². The zero-order valence-electron chi connectivity index (χ0n) is 34.3. The fraction of sp³-hybridized carbons (Fsp3) is 0.467. The van der Waals surface area contributed by atoms with E-state index in [1.54, 1.807) is 37.0 Å². The van der Waals surface area contributed by atoms with Gasteiger partial charge in [-0.25, -0.2) is 8.42 Å². The van der Waals surface area contributed by atoms with Crippen LogP contribution in [-0.4, -0.2) is 86.1 Å². The van der Waals surface area contributed by atoms with Crippen LogP contribution >= 0.6 is 11.8 Å². The van der Waals surface area contributed by atoms with E-state index in [-0.39, 0.29) is 54.8 Å². The maximum Gasteiger partial charge on any atom is 0.243 e. The van der Waals surface area contributed by atoms with Crippen LogP contribution in [0, 0.1) is 17.8 Å². The Morgan fingerprint density at radius 1 is 1.03 bits per heavy atom. The van der Waals surface area contributed by atoms with Gasteiger partial charge in [0.05, 0.1) is 29.2 Å². The van der Waals surface area contributed by atoms with Gasteiger partial charge in [-0.15, -0.1) is 18.3 Å². The summed E-state index contributed by atoms with van der Waals surface area (Å²) in [6.07, 6.45) is 10.5. The third kappa shape index (κ3) is 9.58. The molecule has 0 aromatic heterocycles. The van der Waals surface area contributed by atoms with Crippen LogP contribution in [-0.2, 0) is 24.4 Å². The van der Waals surface area contributed by atoms with Crippen LogP contribution in [0.15, 0.2) is 106 Å². The Kier molecular flexibility index (Phi) is 15.0. The number of amides is 1. The van der Waals surface area contributed by atoms with Crippen LogP contribution in [0.1, 0.15) is 70.3 Å². The minimum absolute atomic E-state index is 0.00906. The van der Waals surface area contributed by atoms with Crippen molar-refractivity contribution < 1.29 is 42.5 Å². The molecule has 59 heavy (non-hydrogen) atoms. The molecular weight excluding hydrogens is 791 g/mol. The summed E-state index contributed by atoms with van der Waals surface area (Å²) in [5.41, 5.74) is 2.88. The number of unbranched alkanes of at least 4 members (excludes halogenated alkanes) is 2. The van der Waals surface area contributed by atoms with E-state index in [9.17, 15) is 23.4 Å². The number of nitrogens with zero attached hydrogens (tertiary/aromatic N) is 2. The number of nitrogens with one attached hydrogen (secondary N) is 1. The molecule has 3 N–H and O–H groups in total. The largest absolute Gasteiger partial charge is 0.460 e. The number of aliphatic hydroxyl groups is 2. The first kappa shape index (κ1) is 44.4. The average Bonchev–Trinajstić information content (AvgIpc) is 3.23. The molecule has 1 saturated carbocycles. The number of ether oxygens (including phenoxy) is 3. The molecule has 6 rings (SSSR count). The standard InChI is InChI=1S/C45H57N3O9S2/c1-6-26-54-45-42(48(4)59(52,53)36-21-14-32(15-22-36)46-30(3)51)29-40(47-55-7-2)38-27-31(12-8-10-24-49)37(13-9-11-25-50)43(44(38)45)39-28-34(18-23-41(39)57-45)56-33-16-19-35(58-5)20-17-33/h6,14-23,27-28,31,37,42-44,49-50H,1,7-13,24-26,29H2,2-5H3,(H,46,51). The van der Waals surface area contributed by atoms with Crippen LogP contribution in [0.25, 0.3) is 0 Å². The normalized spacial score (nSPS) is 24.1. The lowest BCUT2D eigenvalue weighted by atomic mass is 9.55. The van der Waals surface area contributed by atoms with Gasteiger partial charge in [-0.3, -0.25) is 4.79 Å². The van der Waals surface area contributed by atoms with E-state index in [1.807, 2.05) is 55.6 Å². The highest BCUT2D eigenvalue weighted by molar-refractivity contribution is 7.98. The van der Waals surface area contributed by atoms with Crippen LogP contribution in [0.3, 0.4) is 0 Å². The van der Waals surface area contributed by atoms with Gasteiger partial charge in [0.1, 0.15) is 23.9 Å². The highest BCUT2D eigenvalue weighted by atomic mass is 32.2. The molecule has 3 aliphatic rings. The van der Waals surface area contributed by atoms with Crippen molar-refractivity contribution in [2.75, 3.05) is 45.0 Å². The number of rotatable bonds is 20. The quantitative estimate of drug-likeness (QED) is 0.0439. The first-order chi connectivity index (χ1) is 28.5. The van der Waals surface area contributed by atoms with Gasteiger partial charge in [0.25, 0.3) is 0 Å². The van der Waals surface area contributed by atoms with Crippen molar-refractivity contribution in [3.63, 3.8) is 0 Å². The van der Waals surface area contributed by atoms with Crippen LogP contribution < -0.4 is 14.8 Å². The number of carbonyl (C=O) groups is 1. The molecule has 0 bridgehead atoms. The summed E-state index contributed by atoms with van der Waals surface area (Å²) in [5.74, 6) is -0.713. The van der Waals surface area contributed by atoms with E-state index in [2.05, 4.69) is 23.1 Å². The number of allylic oxidation sites excluding steroid dienone is 1. The molecule has 2 aliphatic carbocycles. The van der Waals surface area contributed by atoms with E-state index in [1.165, 1.54) is 23.4 Å². The lowest BCUT2D eigenvalue weighted by Crippen LogP contribution is -2.69. The smallest absolute Gasteiger partial charge is 0.243 e. The second-order valence-electron chi connectivity index (χ2n) is 15.2. The van der Waals surface area contributed by atoms with Crippen LogP contribution in [0.4, 0.5) is 5.69 Å². The van der Waals surface area contributed by atoms with Crippen molar-refractivity contribution in [2.45, 2.75) is 86.3 Å². The molecular formula is C45H57N3O9S2. The Hall–Kier alpha value is -4.18. The summed E-state index contributed by atoms with van der Waals surface area (Å²) in [5, 5.41) is 27.1. The third-order valence-electron chi connectivity index (χ3n) is 11.5. The number of fused-ring (bicyclic) bond motifs is 2. The summed E-state index contributed by atoms with van der Waals surface area (Å²) < 4.78 is 51.4. The minimum atomic E-state index is -4.20. The SMILES string of the molecule is C=CCOC12Oc3ccc(Oc4ccc(SC)cc4)cc3C3C(CCCCO)C(CCCCO)C=C(C(=NOCC)CC1N(C)S(=O)(=O)c1ccc(NC(C)=O)cc1)C32. The summed E-state index contributed by atoms with van der Waals surface area (Å²) in [7, 11) is -2.66. The Labute approximate surface area is 352 Å². The first-order valence-corrected chi connectivity index (χ1v) is 23.1. The zero-order chi connectivity index (χ0) is 42.2. The number of carbonyl (C=O) groups excluding carboxylic acids is 1. The minimum Gasteiger partial charge on any atom is -0.460 e. The van der Waals surface area contributed by atoms with E-state index < -0.39 is 27.8 Å². The number of sulfonamides is 1. The van der Waals surface area contributed by atoms with Gasteiger partial charge in [-0.2, -0.15) is 4.31 Å². The Balaban J connectivity index is 1.56. The third-order valence-corrected chi connectivity index (χ3v) is 14.2. The molecule has 318 valence electrons. The van der Waals surface area contributed by atoms with E-state index in [0.717, 1.165) is 41.7 Å². The molecule has 0 saturated heterocycles. The highest BCUT2D eigenvalue weighted by Crippen LogP contribution is 2.62. The molecule has 6 atom stereocenters. The van der Waals surface area contributed by atoms with E-state index in [0.29, 0.717) is 48.1 Å². The molecule has 3 aromatic carbocycles. The summed E-state index contributed by atoms with van der Waals surface area (Å²) in [4.78, 5) is 18.7. The number of anilines is 1. The number of thioether (sulfide) groups is 1. The molecule has 14 heteroatoms. The molecule has 6 unspecified atom stereocenters. The monoisotopic (exact) mass is 847 g/mol. The van der Waals surface area contributed by atoms with Crippen molar-refractivity contribution in [1.29, 1.82) is 0 Å². The number of hydrogen-bond donors (Lipinski definition) is 3. The molecule has 0 spiro atoms. The van der Waals surface area contributed by atoms with Crippen molar-refractivity contribution in [1.82, 2.24) is 4.31 Å². The van der Waals surface area contributed by atoms with Crippen LogP contribution in [0.5, 0.6) is 17.2 Å². The van der Waals surface area contributed by atoms with Gasteiger partial charge in [-0.05, 0) is 123 Å². The average molecular weight is 848 g/mol. The van der Waals surface area contributed by atoms with Gasteiger partial charge in [0.2, 0.25) is 21.7 Å². The second-order valence-corrected chi connectivity index (χ2v) is 18.1. The van der Waals surface area contributed by atoms with E-state index >= 15 is 0 Å². The predicted molar refractivity (Wildman–Crippen MR) is 231 cm³/mol. The number of oxime groups is 1. The van der Waals surface area contributed by atoms with Crippen molar-refractivity contribution in [3.05, 3.63) is 96.6 Å². The molecule has 12 nitrogen and oxygen atoms in total. The molecule has 1 fully saturated rings. The van der Waals surface area contributed by atoms with Gasteiger partial charge in [-0.1, -0.05) is 30.1 Å². The summed E-state index contributed by atoms with van der Waals surface area (Å²) >= 11 is 1.65. The van der Waals surface area contributed by atoms with Gasteiger partial charge < -0.3 is 34.6 Å². The Morgan fingerprint density at radius 3 is 2.37 bits per heavy atom. The molecule has 3 aromatic rings. The van der Waals surface area contributed by atoms with Gasteiger partial charge in [0, 0.05) is 55.7 Å². The maximum absolute atomic E-state index is 14.7. The fourth-order valence-corrected chi connectivity index (χ4v) is 10.7. The Bertz CT molecular complexity index is 2090. The lowest BCUT2D eigenvalue weighted by Gasteiger charge is -2.59. The number of hydrogen-bond acceptors (Lipinski definition) is 11. The predicted octanol–water partition coefficient (Wildman–Crippen LogP) is 8.13. The second kappa shape index (κ2) is 19.9. The van der Waals surface area contributed by atoms with Crippen molar-refractivity contribution in [2.24, 2.45) is 22.9 Å².